The number of hydrogen-bond acceptors (Lipinski definition) is 3. The van der Waals surface area contributed by atoms with Gasteiger partial charge in [-0.3, -0.25) is 10.5 Å². The summed E-state index contributed by atoms with van der Waals surface area (Å²) in [6.45, 7) is 3.04. The first-order chi connectivity index (χ1) is 10.3. The van der Waals surface area contributed by atoms with Crippen LogP contribution in [0.4, 0.5) is 0 Å². The van der Waals surface area contributed by atoms with Gasteiger partial charge in [0.1, 0.15) is 0 Å². The lowest BCUT2D eigenvalue weighted by atomic mass is 9.97. The molecule has 108 valence electrons. The molecule has 1 aromatic heterocycles. The summed E-state index contributed by atoms with van der Waals surface area (Å²) in [6, 6.07) is 16.6. The van der Waals surface area contributed by atoms with Gasteiger partial charge in [0, 0.05) is 12.7 Å². The highest BCUT2D eigenvalue weighted by Crippen LogP contribution is 2.28. The molecule has 1 heterocycles. The van der Waals surface area contributed by atoms with Gasteiger partial charge in [0.25, 0.3) is 0 Å². The van der Waals surface area contributed by atoms with Gasteiger partial charge in [0.15, 0.2) is 0 Å². The fourth-order valence-corrected chi connectivity index (χ4v) is 2.82. The maximum atomic E-state index is 5.86. The van der Waals surface area contributed by atoms with Gasteiger partial charge in [0.05, 0.1) is 11.7 Å². The topological polar surface area (TPSA) is 55.9 Å². The highest BCUT2D eigenvalue weighted by Gasteiger charge is 2.18. The van der Waals surface area contributed by atoms with Crippen LogP contribution in [0, 0.1) is 0 Å². The Hall–Kier alpha value is -2.17. The lowest BCUT2D eigenvalue weighted by Gasteiger charge is -2.20. The third-order valence-corrected chi connectivity index (χ3v) is 3.78. The largest absolute Gasteiger partial charge is 0.271 e. The number of rotatable bonds is 5. The smallest absolute Gasteiger partial charge is 0.0884 e. The maximum absolute atomic E-state index is 5.86. The zero-order valence-corrected chi connectivity index (χ0v) is 12.2. The van der Waals surface area contributed by atoms with Crippen molar-refractivity contribution >= 4 is 10.8 Å². The molecule has 0 fully saturated rings. The van der Waals surface area contributed by atoms with Crippen LogP contribution in [0.2, 0.25) is 0 Å². The van der Waals surface area contributed by atoms with Crippen LogP contribution in [0.3, 0.4) is 0 Å². The van der Waals surface area contributed by atoms with E-state index in [1.165, 1.54) is 16.3 Å². The van der Waals surface area contributed by atoms with Gasteiger partial charge < -0.3 is 0 Å². The number of benzene rings is 2. The lowest BCUT2D eigenvalue weighted by molar-refractivity contribution is 0.522. The molecule has 0 spiro atoms. The van der Waals surface area contributed by atoms with Gasteiger partial charge in [-0.25, -0.2) is 5.43 Å². The second-order valence-electron chi connectivity index (χ2n) is 5.15. The lowest BCUT2D eigenvalue weighted by Crippen LogP contribution is -2.31. The van der Waals surface area contributed by atoms with Crippen molar-refractivity contribution in [1.29, 1.82) is 0 Å². The zero-order valence-electron chi connectivity index (χ0n) is 12.2. The molecule has 0 aliphatic heterocycles. The molecule has 3 N–H and O–H groups in total. The Balaban J connectivity index is 2.12. The van der Waals surface area contributed by atoms with Crippen LogP contribution in [0.5, 0.6) is 0 Å². The highest BCUT2D eigenvalue weighted by molar-refractivity contribution is 5.86. The van der Waals surface area contributed by atoms with Crippen molar-refractivity contribution in [2.45, 2.75) is 25.9 Å². The fourth-order valence-electron chi connectivity index (χ4n) is 2.82. The standard InChI is InChI=1S/C17H20N4/c1-2-12-21-16(10-11-19-21)17(20-18)15-9-5-7-13-6-3-4-8-14(13)15/h3-11,17,20H,2,12,18H2,1H3. The van der Waals surface area contributed by atoms with E-state index in [2.05, 4.69) is 59.9 Å². The summed E-state index contributed by atoms with van der Waals surface area (Å²) in [4.78, 5) is 0. The minimum atomic E-state index is -0.0647. The van der Waals surface area contributed by atoms with Gasteiger partial charge in [-0.05, 0) is 28.8 Å². The van der Waals surface area contributed by atoms with Crippen molar-refractivity contribution in [2.24, 2.45) is 5.84 Å². The SMILES string of the molecule is CCCn1nccc1C(NN)c1cccc2ccccc12. The molecule has 1 unspecified atom stereocenters. The molecule has 2 aromatic carbocycles. The van der Waals surface area contributed by atoms with Crippen LogP contribution in [0.1, 0.15) is 30.6 Å². The van der Waals surface area contributed by atoms with E-state index < -0.39 is 0 Å². The summed E-state index contributed by atoms with van der Waals surface area (Å²) in [5.74, 6) is 5.86. The minimum absolute atomic E-state index is 0.0647. The predicted molar refractivity (Wildman–Crippen MR) is 85.6 cm³/mol. The van der Waals surface area contributed by atoms with E-state index in [-0.39, 0.29) is 6.04 Å². The molecule has 3 rings (SSSR count). The van der Waals surface area contributed by atoms with Crippen LogP contribution < -0.4 is 11.3 Å². The molecular weight excluding hydrogens is 260 g/mol. The maximum Gasteiger partial charge on any atom is 0.0884 e. The molecule has 1 atom stereocenters. The highest BCUT2D eigenvalue weighted by atomic mass is 15.3. The Morgan fingerprint density at radius 2 is 1.95 bits per heavy atom. The summed E-state index contributed by atoms with van der Waals surface area (Å²) in [7, 11) is 0. The van der Waals surface area contributed by atoms with Gasteiger partial charge >= 0.3 is 0 Å². The fraction of sp³-hybridized carbons (Fsp3) is 0.235. The van der Waals surface area contributed by atoms with Gasteiger partial charge in [-0.15, -0.1) is 0 Å². The number of fused-ring (bicyclic) bond motifs is 1. The molecule has 0 aliphatic carbocycles. The van der Waals surface area contributed by atoms with Crippen molar-refractivity contribution in [1.82, 2.24) is 15.2 Å². The van der Waals surface area contributed by atoms with Gasteiger partial charge in [0.2, 0.25) is 0 Å². The Morgan fingerprint density at radius 1 is 1.14 bits per heavy atom. The number of aryl methyl sites for hydroxylation is 1. The monoisotopic (exact) mass is 280 g/mol. The van der Waals surface area contributed by atoms with Crippen LogP contribution in [0.25, 0.3) is 10.8 Å². The second kappa shape index (κ2) is 6.08. The van der Waals surface area contributed by atoms with Crippen LogP contribution in [0.15, 0.2) is 54.7 Å². The number of hydrogen-bond donors (Lipinski definition) is 2. The molecule has 0 aliphatic rings. The Kier molecular flexibility index (Phi) is 3.99. The first-order valence-electron chi connectivity index (χ1n) is 7.30. The second-order valence-corrected chi connectivity index (χ2v) is 5.15. The molecule has 3 aromatic rings. The number of nitrogens with two attached hydrogens (primary N) is 1. The van der Waals surface area contributed by atoms with E-state index in [4.69, 9.17) is 5.84 Å². The molecule has 0 bridgehead atoms. The van der Waals surface area contributed by atoms with Crippen molar-refractivity contribution in [3.05, 3.63) is 66.0 Å². The number of aromatic nitrogens is 2. The van der Waals surface area contributed by atoms with E-state index in [9.17, 15) is 0 Å². The third-order valence-electron chi connectivity index (χ3n) is 3.78. The Morgan fingerprint density at radius 3 is 2.76 bits per heavy atom. The summed E-state index contributed by atoms with van der Waals surface area (Å²) in [5.41, 5.74) is 5.22. The third kappa shape index (κ3) is 2.55. The quantitative estimate of drug-likeness (QED) is 0.558. The molecule has 0 amide bonds. The van der Waals surface area contributed by atoms with E-state index in [0.717, 1.165) is 18.7 Å². The predicted octanol–water partition coefficient (Wildman–Crippen LogP) is 3.00. The number of nitrogens with one attached hydrogen (secondary N) is 1. The van der Waals surface area contributed by atoms with Crippen LogP contribution in [-0.2, 0) is 6.54 Å². The summed E-state index contributed by atoms with van der Waals surface area (Å²) in [5, 5.41) is 6.84. The Bertz CT molecular complexity index is 727. The van der Waals surface area contributed by atoms with Gasteiger partial charge in [-0.1, -0.05) is 49.4 Å². The van der Waals surface area contributed by atoms with Crippen molar-refractivity contribution in [2.75, 3.05) is 0 Å². The Labute approximate surface area is 124 Å². The summed E-state index contributed by atoms with van der Waals surface area (Å²) >= 11 is 0. The zero-order chi connectivity index (χ0) is 14.7. The van der Waals surface area contributed by atoms with Crippen LogP contribution in [-0.4, -0.2) is 9.78 Å². The summed E-state index contributed by atoms with van der Waals surface area (Å²) < 4.78 is 2.02. The average Bonchev–Trinajstić information content (AvgIpc) is 2.97. The van der Waals surface area contributed by atoms with Gasteiger partial charge in [-0.2, -0.15) is 5.10 Å². The summed E-state index contributed by atoms with van der Waals surface area (Å²) in [6.07, 6.45) is 2.88. The molecule has 0 saturated carbocycles. The van der Waals surface area contributed by atoms with Crippen molar-refractivity contribution in [3.8, 4) is 0 Å². The molecule has 4 nitrogen and oxygen atoms in total. The molecule has 0 saturated heterocycles. The normalized spacial score (nSPS) is 12.7. The first kappa shape index (κ1) is 13.8. The van der Waals surface area contributed by atoms with E-state index >= 15 is 0 Å². The molecule has 0 radical (unpaired) electrons. The molecule has 4 heteroatoms. The van der Waals surface area contributed by atoms with E-state index in [1.807, 2.05) is 16.9 Å². The number of nitrogens with zero attached hydrogens (tertiary/aromatic N) is 2. The number of hydrazine groups is 1. The van der Waals surface area contributed by atoms with Crippen LogP contribution >= 0.6 is 0 Å². The van der Waals surface area contributed by atoms with Crippen molar-refractivity contribution < 1.29 is 0 Å². The van der Waals surface area contributed by atoms with E-state index in [0.29, 0.717) is 0 Å². The van der Waals surface area contributed by atoms with Crippen molar-refractivity contribution in [3.63, 3.8) is 0 Å². The average molecular weight is 280 g/mol. The first-order valence-corrected chi connectivity index (χ1v) is 7.30. The minimum Gasteiger partial charge on any atom is -0.271 e. The molecular formula is C17H20N4. The molecule has 21 heavy (non-hydrogen) atoms. The van der Waals surface area contributed by atoms with E-state index in [1.54, 1.807) is 0 Å².